The number of hydrogen-bond donors (Lipinski definition) is 3. The molecule has 2 aromatic rings. The largest absolute Gasteiger partial charge is 0.506 e. The van der Waals surface area contributed by atoms with Gasteiger partial charge in [-0.1, -0.05) is 11.6 Å². The molecule has 9 heteroatoms. The Labute approximate surface area is 165 Å². The Balaban J connectivity index is 1.84. The summed E-state index contributed by atoms with van der Waals surface area (Å²) in [6, 6.07) is 9.59. The molecule has 0 aromatic heterocycles. The minimum Gasteiger partial charge on any atom is -0.506 e. The molecular formula is C16H12Br2ClN3O3. The van der Waals surface area contributed by atoms with Gasteiger partial charge < -0.3 is 10.4 Å². The van der Waals surface area contributed by atoms with E-state index in [-0.39, 0.29) is 18.2 Å². The fourth-order valence-corrected chi connectivity index (χ4v) is 3.09. The van der Waals surface area contributed by atoms with Gasteiger partial charge in [-0.05, 0) is 73.8 Å². The Morgan fingerprint density at radius 3 is 2.36 bits per heavy atom. The summed E-state index contributed by atoms with van der Waals surface area (Å²) in [5.74, 6) is -0.788. The van der Waals surface area contributed by atoms with Crippen LogP contribution in [0.3, 0.4) is 0 Å². The van der Waals surface area contributed by atoms with Crippen LogP contribution in [-0.2, 0) is 4.79 Å². The zero-order valence-electron chi connectivity index (χ0n) is 12.6. The fourth-order valence-electron chi connectivity index (χ4n) is 1.74. The van der Waals surface area contributed by atoms with E-state index in [1.165, 1.54) is 6.21 Å². The van der Waals surface area contributed by atoms with E-state index in [2.05, 4.69) is 47.7 Å². The molecule has 0 spiro atoms. The van der Waals surface area contributed by atoms with Crippen LogP contribution in [0.25, 0.3) is 0 Å². The van der Waals surface area contributed by atoms with Crippen molar-refractivity contribution in [1.29, 1.82) is 0 Å². The second-order valence-corrected chi connectivity index (χ2v) is 6.96. The molecule has 0 unspecified atom stereocenters. The van der Waals surface area contributed by atoms with Gasteiger partial charge in [-0.2, -0.15) is 5.10 Å². The highest BCUT2D eigenvalue weighted by atomic mass is 79.9. The molecule has 2 aromatic carbocycles. The highest BCUT2D eigenvalue weighted by Crippen LogP contribution is 2.32. The van der Waals surface area contributed by atoms with Crippen molar-refractivity contribution >= 4 is 61.5 Å². The normalized spacial score (nSPS) is 10.7. The third-order valence-electron chi connectivity index (χ3n) is 2.96. The molecule has 0 aliphatic carbocycles. The van der Waals surface area contributed by atoms with Crippen LogP contribution in [0, 0.1) is 0 Å². The van der Waals surface area contributed by atoms with Crippen LogP contribution < -0.4 is 10.7 Å². The van der Waals surface area contributed by atoms with Crippen molar-refractivity contribution in [2.75, 3.05) is 6.54 Å². The van der Waals surface area contributed by atoms with Crippen LogP contribution in [0.2, 0.25) is 5.02 Å². The number of carbonyl (C=O) groups is 2. The Morgan fingerprint density at radius 1 is 1.16 bits per heavy atom. The first-order valence-electron chi connectivity index (χ1n) is 6.90. The number of nitrogens with zero attached hydrogens (tertiary/aromatic N) is 1. The first-order chi connectivity index (χ1) is 11.9. The van der Waals surface area contributed by atoms with E-state index >= 15 is 0 Å². The topological polar surface area (TPSA) is 90.8 Å². The van der Waals surface area contributed by atoms with Crippen LogP contribution in [-0.4, -0.2) is 29.7 Å². The number of rotatable bonds is 5. The number of hydrogen-bond acceptors (Lipinski definition) is 4. The van der Waals surface area contributed by atoms with Crippen LogP contribution in [0.15, 0.2) is 50.4 Å². The summed E-state index contributed by atoms with van der Waals surface area (Å²) in [6.07, 6.45) is 1.41. The van der Waals surface area contributed by atoms with Gasteiger partial charge in [0.1, 0.15) is 5.75 Å². The van der Waals surface area contributed by atoms with Crippen molar-refractivity contribution in [3.63, 3.8) is 0 Å². The standard InChI is InChI=1S/C16H12Br2ClN3O3/c17-12-5-9(6-13(18)15(12)24)7-21-22-14(23)8-20-16(25)10-1-3-11(19)4-2-10/h1-7,24H,8H2,(H,20,25)(H,22,23)/b21-7-. The summed E-state index contributed by atoms with van der Waals surface area (Å²) in [4.78, 5) is 23.5. The second kappa shape index (κ2) is 8.98. The summed E-state index contributed by atoms with van der Waals surface area (Å²) >= 11 is 12.1. The highest BCUT2D eigenvalue weighted by molar-refractivity contribution is 9.11. The third-order valence-corrected chi connectivity index (χ3v) is 4.42. The number of nitrogens with one attached hydrogen (secondary N) is 2. The molecule has 2 rings (SSSR count). The quantitative estimate of drug-likeness (QED) is 0.444. The molecule has 130 valence electrons. The molecule has 0 aliphatic heterocycles. The molecule has 2 amide bonds. The third kappa shape index (κ3) is 5.84. The molecule has 6 nitrogen and oxygen atoms in total. The lowest BCUT2D eigenvalue weighted by atomic mass is 10.2. The molecular weight excluding hydrogens is 477 g/mol. The predicted octanol–water partition coefficient (Wildman–Crippen LogP) is 3.45. The first kappa shape index (κ1) is 19.4. The minimum atomic E-state index is -0.476. The van der Waals surface area contributed by atoms with Crippen molar-refractivity contribution in [3.8, 4) is 5.75 Å². The average Bonchev–Trinajstić information content (AvgIpc) is 2.58. The van der Waals surface area contributed by atoms with Crippen molar-refractivity contribution in [2.45, 2.75) is 0 Å². The van der Waals surface area contributed by atoms with Gasteiger partial charge in [0.05, 0.1) is 21.7 Å². The second-order valence-electron chi connectivity index (χ2n) is 4.82. The maximum absolute atomic E-state index is 11.9. The van der Waals surface area contributed by atoms with Crippen molar-refractivity contribution < 1.29 is 14.7 Å². The average molecular weight is 490 g/mol. The lowest BCUT2D eigenvalue weighted by Gasteiger charge is -2.04. The number of amides is 2. The number of aromatic hydroxyl groups is 1. The van der Waals surface area contributed by atoms with Gasteiger partial charge in [-0.3, -0.25) is 9.59 Å². The van der Waals surface area contributed by atoms with Gasteiger partial charge in [-0.25, -0.2) is 5.43 Å². The molecule has 0 bridgehead atoms. The maximum atomic E-state index is 11.9. The maximum Gasteiger partial charge on any atom is 0.259 e. The Bertz CT molecular complexity index is 803. The lowest BCUT2D eigenvalue weighted by Crippen LogP contribution is -2.34. The van der Waals surface area contributed by atoms with E-state index in [1.807, 2.05) is 0 Å². The number of hydrazone groups is 1. The van der Waals surface area contributed by atoms with Gasteiger partial charge >= 0.3 is 0 Å². The zero-order valence-corrected chi connectivity index (χ0v) is 16.5. The summed E-state index contributed by atoms with van der Waals surface area (Å²) in [7, 11) is 0. The van der Waals surface area contributed by atoms with E-state index in [4.69, 9.17) is 11.6 Å². The number of carbonyl (C=O) groups excluding carboxylic acids is 2. The molecule has 3 N–H and O–H groups in total. The van der Waals surface area contributed by atoms with E-state index in [0.717, 1.165) is 0 Å². The zero-order chi connectivity index (χ0) is 18.4. The molecule has 0 saturated heterocycles. The molecule has 0 saturated carbocycles. The van der Waals surface area contributed by atoms with Crippen LogP contribution in [0.1, 0.15) is 15.9 Å². The number of halogens is 3. The highest BCUT2D eigenvalue weighted by Gasteiger charge is 2.08. The van der Waals surface area contributed by atoms with E-state index in [9.17, 15) is 14.7 Å². The molecule has 0 heterocycles. The summed E-state index contributed by atoms with van der Waals surface area (Å²) in [6.45, 7) is -0.220. The van der Waals surface area contributed by atoms with Crippen molar-refractivity contribution in [3.05, 3.63) is 61.5 Å². The summed E-state index contributed by atoms with van der Waals surface area (Å²) < 4.78 is 0.981. The van der Waals surface area contributed by atoms with Gasteiger partial charge in [-0.15, -0.1) is 0 Å². The first-order valence-corrected chi connectivity index (χ1v) is 8.87. The Hall–Kier alpha value is -1.90. The number of phenols is 1. The van der Waals surface area contributed by atoms with Crippen molar-refractivity contribution in [2.24, 2.45) is 5.10 Å². The van der Waals surface area contributed by atoms with Crippen LogP contribution >= 0.6 is 43.5 Å². The summed E-state index contributed by atoms with van der Waals surface area (Å²) in [5.41, 5.74) is 3.36. The Kier molecular flexibility index (Phi) is 6.98. The molecule has 0 fully saturated rings. The lowest BCUT2D eigenvalue weighted by molar-refractivity contribution is -0.120. The van der Waals surface area contributed by atoms with E-state index in [0.29, 0.717) is 25.1 Å². The smallest absolute Gasteiger partial charge is 0.259 e. The fraction of sp³-hybridized carbons (Fsp3) is 0.0625. The van der Waals surface area contributed by atoms with Gasteiger partial charge in [0, 0.05) is 10.6 Å². The van der Waals surface area contributed by atoms with E-state index < -0.39 is 5.91 Å². The van der Waals surface area contributed by atoms with Gasteiger partial charge in [0.2, 0.25) is 0 Å². The Morgan fingerprint density at radius 2 is 1.76 bits per heavy atom. The molecule has 0 radical (unpaired) electrons. The minimum absolute atomic E-state index is 0.0751. The van der Waals surface area contributed by atoms with Crippen LogP contribution in [0.5, 0.6) is 5.75 Å². The molecule has 0 aliphatic rings. The van der Waals surface area contributed by atoms with Crippen molar-refractivity contribution in [1.82, 2.24) is 10.7 Å². The number of benzene rings is 2. The molecule has 25 heavy (non-hydrogen) atoms. The van der Waals surface area contributed by atoms with Gasteiger partial charge in [0.15, 0.2) is 0 Å². The monoisotopic (exact) mass is 487 g/mol. The van der Waals surface area contributed by atoms with E-state index in [1.54, 1.807) is 36.4 Å². The SMILES string of the molecule is O=C(CNC(=O)c1ccc(Cl)cc1)N/N=C\c1cc(Br)c(O)c(Br)c1. The summed E-state index contributed by atoms with van der Waals surface area (Å²) in [5, 5.41) is 16.4. The van der Waals surface area contributed by atoms with Crippen LogP contribution in [0.4, 0.5) is 0 Å². The van der Waals surface area contributed by atoms with Gasteiger partial charge in [0.25, 0.3) is 11.8 Å². The number of phenolic OH excluding ortho intramolecular Hbond substituents is 1. The molecule has 0 atom stereocenters. The predicted molar refractivity (Wildman–Crippen MR) is 103 cm³/mol.